The third-order valence-electron chi connectivity index (χ3n) is 2.37. The van der Waals surface area contributed by atoms with Gasteiger partial charge < -0.3 is 10.1 Å². The molecular formula is C11H15NO. The van der Waals surface area contributed by atoms with Gasteiger partial charge in [0, 0.05) is 12.6 Å². The van der Waals surface area contributed by atoms with Crippen LogP contribution in [0.2, 0.25) is 0 Å². The smallest absolute Gasteiger partial charge is 0.0950 e. The highest BCUT2D eigenvalue weighted by molar-refractivity contribution is 5.18. The zero-order chi connectivity index (χ0) is 9.10. The van der Waals surface area contributed by atoms with Crippen molar-refractivity contribution >= 4 is 0 Å². The van der Waals surface area contributed by atoms with Crippen molar-refractivity contribution in [2.75, 3.05) is 13.2 Å². The van der Waals surface area contributed by atoms with Crippen molar-refractivity contribution in [2.45, 2.75) is 19.1 Å². The minimum atomic E-state index is 0.234. The molecule has 0 spiro atoms. The van der Waals surface area contributed by atoms with Gasteiger partial charge in [-0.1, -0.05) is 30.3 Å². The van der Waals surface area contributed by atoms with E-state index in [9.17, 15) is 0 Å². The van der Waals surface area contributed by atoms with E-state index in [0.717, 1.165) is 13.2 Å². The summed E-state index contributed by atoms with van der Waals surface area (Å²) in [5, 5.41) is 3.41. The van der Waals surface area contributed by atoms with Gasteiger partial charge in [0.1, 0.15) is 0 Å². The molecule has 2 atom stereocenters. The monoisotopic (exact) mass is 177 g/mol. The molecular weight excluding hydrogens is 162 g/mol. The van der Waals surface area contributed by atoms with Gasteiger partial charge in [0.2, 0.25) is 0 Å². The summed E-state index contributed by atoms with van der Waals surface area (Å²) in [5.41, 5.74) is 1.27. The zero-order valence-corrected chi connectivity index (χ0v) is 7.86. The Morgan fingerprint density at radius 3 is 2.69 bits per heavy atom. The molecule has 1 aliphatic rings. The Morgan fingerprint density at radius 1 is 1.31 bits per heavy atom. The minimum Gasteiger partial charge on any atom is -0.371 e. The van der Waals surface area contributed by atoms with Crippen molar-refractivity contribution in [1.82, 2.24) is 5.32 Å². The quantitative estimate of drug-likeness (QED) is 0.705. The fourth-order valence-corrected chi connectivity index (χ4v) is 1.57. The standard InChI is InChI=1S/C11H15NO/c1-9-8-13-11(7-12-9)10-5-3-2-4-6-10/h2-6,9,11-12H,7-8H2,1H3/t9-,11+/m0/s1. The van der Waals surface area contributed by atoms with Gasteiger partial charge in [-0.25, -0.2) is 0 Å². The van der Waals surface area contributed by atoms with Gasteiger partial charge in [-0.05, 0) is 12.5 Å². The fraction of sp³-hybridized carbons (Fsp3) is 0.455. The van der Waals surface area contributed by atoms with Crippen LogP contribution in [0.25, 0.3) is 0 Å². The number of nitrogens with one attached hydrogen (secondary N) is 1. The average Bonchev–Trinajstić information content (AvgIpc) is 2.20. The lowest BCUT2D eigenvalue weighted by Gasteiger charge is -2.28. The number of hydrogen-bond acceptors (Lipinski definition) is 2. The molecule has 13 heavy (non-hydrogen) atoms. The summed E-state index contributed by atoms with van der Waals surface area (Å²) in [5.74, 6) is 0. The molecule has 0 radical (unpaired) electrons. The molecule has 1 aromatic carbocycles. The van der Waals surface area contributed by atoms with Crippen molar-refractivity contribution < 1.29 is 4.74 Å². The molecule has 2 rings (SSSR count). The number of morpholine rings is 1. The van der Waals surface area contributed by atoms with Crippen LogP contribution in [0.1, 0.15) is 18.6 Å². The zero-order valence-electron chi connectivity index (χ0n) is 7.86. The molecule has 1 saturated heterocycles. The van der Waals surface area contributed by atoms with E-state index in [1.54, 1.807) is 0 Å². The van der Waals surface area contributed by atoms with E-state index in [0.29, 0.717) is 6.04 Å². The van der Waals surface area contributed by atoms with Gasteiger partial charge in [-0.2, -0.15) is 0 Å². The molecule has 1 aromatic rings. The lowest BCUT2D eigenvalue weighted by atomic mass is 10.1. The summed E-state index contributed by atoms with van der Waals surface area (Å²) in [6.45, 7) is 3.87. The highest BCUT2D eigenvalue weighted by Gasteiger charge is 2.18. The molecule has 0 amide bonds. The maximum Gasteiger partial charge on any atom is 0.0950 e. The molecule has 1 heterocycles. The molecule has 2 heteroatoms. The maximum absolute atomic E-state index is 5.71. The number of ether oxygens (including phenoxy) is 1. The molecule has 70 valence electrons. The van der Waals surface area contributed by atoms with Crippen LogP contribution in [-0.4, -0.2) is 19.2 Å². The predicted molar refractivity (Wildman–Crippen MR) is 52.6 cm³/mol. The van der Waals surface area contributed by atoms with Crippen molar-refractivity contribution in [3.63, 3.8) is 0 Å². The normalized spacial score (nSPS) is 28.7. The predicted octanol–water partition coefficient (Wildman–Crippen LogP) is 1.74. The Kier molecular flexibility index (Phi) is 2.62. The van der Waals surface area contributed by atoms with E-state index in [2.05, 4.69) is 36.5 Å². The molecule has 0 aromatic heterocycles. The molecule has 1 aliphatic heterocycles. The van der Waals surface area contributed by atoms with Gasteiger partial charge in [0.05, 0.1) is 12.7 Å². The minimum absolute atomic E-state index is 0.234. The van der Waals surface area contributed by atoms with Gasteiger partial charge in [-0.15, -0.1) is 0 Å². The van der Waals surface area contributed by atoms with Gasteiger partial charge >= 0.3 is 0 Å². The third-order valence-corrected chi connectivity index (χ3v) is 2.37. The fourth-order valence-electron chi connectivity index (χ4n) is 1.57. The number of hydrogen-bond donors (Lipinski definition) is 1. The second-order valence-electron chi connectivity index (χ2n) is 3.54. The second-order valence-corrected chi connectivity index (χ2v) is 3.54. The second kappa shape index (κ2) is 3.90. The van der Waals surface area contributed by atoms with Crippen molar-refractivity contribution in [2.24, 2.45) is 0 Å². The first-order chi connectivity index (χ1) is 6.36. The highest BCUT2D eigenvalue weighted by Crippen LogP contribution is 2.19. The molecule has 0 unspecified atom stereocenters. The SMILES string of the molecule is C[C@H]1CO[C@@H](c2ccccc2)CN1. The molecule has 1 N–H and O–H groups in total. The summed E-state index contributed by atoms with van der Waals surface area (Å²) < 4.78 is 5.71. The van der Waals surface area contributed by atoms with E-state index in [-0.39, 0.29) is 6.10 Å². The first-order valence-corrected chi connectivity index (χ1v) is 4.76. The van der Waals surface area contributed by atoms with Crippen LogP contribution in [-0.2, 0) is 4.74 Å². The van der Waals surface area contributed by atoms with E-state index in [1.807, 2.05) is 6.07 Å². The molecule has 1 fully saturated rings. The van der Waals surface area contributed by atoms with Crippen LogP contribution in [0.4, 0.5) is 0 Å². The molecule has 0 aliphatic carbocycles. The van der Waals surface area contributed by atoms with Crippen molar-refractivity contribution in [1.29, 1.82) is 0 Å². The third kappa shape index (κ3) is 2.08. The Balaban J connectivity index is 2.03. The number of rotatable bonds is 1. The van der Waals surface area contributed by atoms with Crippen molar-refractivity contribution in [3.05, 3.63) is 35.9 Å². The van der Waals surface area contributed by atoms with Gasteiger partial charge in [-0.3, -0.25) is 0 Å². The van der Waals surface area contributed by atoms with Gasteiger partial charge in [0.25, 0.3) is 0 Å². The molecule has 2 nitrogen and oxygen atoms in total. The Morgan fingerprint density at radius 2 is 2.08 bits per heavy atom. The Bertz CT molecular complexity index is 252. The van der Waals surface area contributed by atoms with Crippen LogP contribution < -0.4 is 5.32 Å². The summed E-state index contributed by atoms with van der Waals surface area (Å²) in [6, 6.07) is 10.8. The van der Waals surface area contributed by atoms with Gasteiger partial charge in [0.15, 0.2) is 0 Å². The summed E-state index contributed by atoms with van der Waals surface area (Å²) >= 11 is 0. The summed E-state index contributed by atoms with van der Waals surface area (Å²) in [7, 11) is 0. The van der Waals surface area contributed by atoms with E-state index < -0.39 is 0 Å². The first-order valence-electron chi connectivity index (χ1n) is 4.76. The van der Waals surface area contributed by atoms with E-state index in [1.165, 1.54) is 5.56 Å². The largest absolute Gasteiger partial charge is 0.371 e. The highest BCUT2D eigenvalue weighted by atomic mass is 16.5. The van der Waals surface area contributed by atoms with Crippen LogP contribution in [0, 0.1) is 0 Å². The summed E-state index contributed by atoms with van der Waals surface area (Å²) in [4.78, 5) is 0. The Hall–Kier alpha value is -0.860. The topological polar surface area (TPSA) is 21.3 Å². The van der Waals surface area contributed by atoms with Crippen LogP contribution in [0.15, 0.2) is 30.3 Å². The maximum atomic E-state index is 5.71. The summed E-state index contributed by atoms with van der Waals surface area (Å²) in [6.07, 6.45) is 0.234. The van der Waals surface area contributed by atoms with E-state index >= 15 is 0 Å². The first kappa shape index (κ1) is 8.73. The molecule has 0 saturated carbocycles. The lowest BCUT2D eigenvalue weighted by Crippen LogP contribution is -2.40. The molecule has 0 bridgehead atoms. The van der Waals surface area contributed by atoms with Crippen LogP contribution in [0.5, 0.6) is 0 Å². The average molecular weight is 177 g/mol. The van der Waals surface area contributed by atoms with Crippen molar-refractivity contribution in [3.8, 4) is 0 Å². The Labute approximate surface area is 78.9 Å². The lowest BCUT2D eigenvalue weighted by molar-refractivity contribution is 0.00695. The van der Waals surface area contributed by atoms with Crippen LogP contribution in [0.3, 0.4) is 0 Å². The van der Waals surface area contributed by atoms with E-state index in [4.69, 9.17) is 4.74 Å². The van der Waals surface area contributed by atoms with Crippen LogP contribution >= 0.6 is 0 Å². The number of benzene rings is 1.